The second-order valence-corrected chi connectivity index (χ2v) is 32.6. The van der Waals surface area contributed by atoms with Crippen LogP contribution in [0.25, 0.3) is 62.2 Å². The van der Waals surface area contributed by atoms with Crippen molar-refractivity contribution in [1.29, 1.82) is 5.41 Å². The van der Waals surface area contributed by atoms with E-state index >= 15 is 0 Å². The standard InChI is InChI=1S/C20H20N4S.C17H16N4O2S.C17H18N4S.C12H13BN3OS.C11H13N3S/c1-2-18-22-16-7-5-9-21-20(16)24(18)14-10-13(11-14)12-19-23-15-6-3-4-8-17(15)25-19;22-21(23)15-5-3-7-18-14(15)10-11-8-12(9-11)19-17-20-13-4-1-2-6-16(13)24-17;18-13-4-3-7-19-15(13)10-11-8-12(9-11)20-17-21-14-5-1-2-6-16(14)22-17;14-7-17-13-8-5-9(6-8)15-12-16-10-3-1-2-4-11(10)18-12;12-7-5-8(6-7)13-11-14-9-3-1-2-4-10(9)15-11/h3-9,13-14H,2,10-12H2,1H3;1-7,11-12H,8-10H2,(H,19,20);1-7,11-12H,8-10,18H2,(H,20,21);1-4,7-9,14H,5-6H2,(H,15,16);1-4,7-8H,5-6,12H2,(H,13,14). The second-order valence-electron chi connectivity index (χ2n) is 27.4. The van der Waals surface area contributed by atoms with Crippen molar-refractivity contribution in [3.63, 3.8) is 0 Å². The molecule has 1 radical (unpaired) electrons. The third-order valence-electron chi connectivity index (χ3n) is 19.8. The molecular weight excluding hydrogens is 1400 g/mol. The van der Waals surface area contributed by atoms with Gasteiger partial charge in [-0.05, 0) is 192 Å². The molecule has 5 aliphatic carbocycles. The minimum Gasteiger partial charge on any atom is -0.555 e. The van der Waals surface area contributed by atoms with Gasteiger partial charge in [-0.1, -0.05) is 113 Å². The Morgan fingerprint density at radius 3 is 1.38 bits per heavy atom. The molecule has 14 aromatic rings. The highest BCUT2D eigenvalue weighted by Gasteiger charge is 2.36. The molecule has 9 aromatic heterocycles. The van der Waals surface area contributed by atoms with Gasteiger partial charge in [0.05, 0.1) is 72.4 Å². The summed E-state index contributed by atoms with van der Waals surface area (Å²) in [5.74, 6) is 3.45. The van der Waals surface area contributed by atoms with Crippen LogP contribution in [0.3, 0.4) is 0 Å². The van der Waals surface area contributed by atoms with Crippen molar-refractivity contribution in [1.82, 2.24) is 49.4 Å². The van der Waals surface area contributed by atoms with E-state index in [2.05, 4.69) is 134 Å². The number of aromatic nitrogens is 10. The van der Waals surface area contributed by atoms with E-state index in [4.69, 9.17) is 31.5 Å². The zero-order valence-corrected chi connectivity index (χ0v) is 61.5. The third kappa shape index (κ3) is 17.1. The van der Waals surface area contributed by atoms with Gasteiger partial charge in [0, 0.05) is 73.7 Å². The molecule has 529 valence electrons. The monoisotopic (exact) mass is 1480 g/mol. The molecule has 0 spiro atoms. The number of aryl methyl sites for hydroxylation is 1. The lowest BCUT2D eigenvalue weighted by molar-refractivity contribution is -0.386. The molecule has 0 saturated heterocycles. The van der Waals surface area contributed by atoms with Gasteiger partial charge in [-0.15, -0.1) is 11.3 Å². The minimum absolute atomic E-state index is 0.125. The Morgan fingerprint density at radius 2 is 0.923 bits per heavy atom. The SMILES string of the molecule is CCc1nc2cccnc2n1C1CC(Cc2nc3ccccc3s2)C1.N=CO[B]C1CC(Nc2nc3ccccc3s2)C1.NC1CC(Nc2nc3ccccc3s2)C1.Nc1cccnc1CC1CC(Nc2nc3ccccc3s2)C1.O=[N+]([O-])c1cccnc1CC1CC(Nc2nc3ccccc3s2)C1. The lowest BCUT2D eigenvalue weighted by Gasteiger charge is -2.36. The predicted octanol–water partition coefficient (Wildman–Crippen LogP) is 17.6. The summed E-state index contributed by atoms with van der Waals surface area (Å²) in [6.45, 7) is 2.18. The van der Waals surface area contributed by atoms with Crippen molar-refractivity contribution in [2.45, 2.75) is 139 Å². The van der Waals surface area contributed by atoms with Gasteiger partial charge in [-0.2, -0.15) is 0 Å². The number of hydrogen-bond acceptors (Lipinski definition) is 24. The third-order valence-corrected chi connectivity index (χ3v) is 24.7. The van der Waals surface area contributed by atoms with Crippen LogP contribution in [0.5, 0.6) is 0 Å². The highest BCUT2D eigenvalue weighted by atomic mass is 32.1. The number of nitrogens with one attached hydrogen (secondary N) is 5. The molecule has 0 bridgehead atoms. The Hall–Kier alpha value is -9.64. The van der Waals surface area contributed by atoms with Crippen molar-refractivity contribution in [3.05, 3.63) is 209 Å². The van der Waals surface area contributed by atoms with Crippen molar-refractivity contribution in [2.75, 3.05) is 27.0 Å². The van der Waals surface area contributed by atoms with Crippen LogP contribution in [0.1, 0.15) is 99.4 Å². The van der Waals surface area contributed by atoms with Crippen LogP contribution in [0, 0.1) is 33.3 Å². The molecule has 19 rings (SSSR count). The van der Waals surface area contributed by atoms with Crippen LogP contribution in [-0.4, -0.2) is 98.4 Å². The second kappa shape index (κ2) is 32.6. The maximum atomic E-state index is 11.0. The van der Waals surface area contributed by atoms with Gasteiger partial charge in [0.15, 0.2) is 26.2 Å². The first-order chi connectivity index (χ1) is 50.9. The summed E-state index contributed by atoms with van der Waals surface area (Å²) in [5, 5.41) is 37.0. The topological polar surface area (TPSA) is 297 Å². The Labute approximate surface area is 622 Å². The summed E-state index contributed by atoms with van der Waals surface area (Å²) < 4.78 is 13.4. The number of thiazole rings is 5. The van der Waals surface area contributed by atoms with Gasteiger partial charge >= 0.3 is 7.48 Å². The van der Waals surface area contributed by atoms with Gasteiger partial charge in [-0.3, -0.25) is 25.5 Å². The molecule has 0 amide bonds. The van der Waals surface area contributed by atoms with Crippen molar-refractivity contribution in [2.24, 2.45) is 23.5 Å². The molecule has 5 fully saturated rings. The van der Waals surface area contributed by atoms with E-state index in [-0.39, 0.29) is 10.6 Å². The van der Waals surface area contributed by atoms with Gasteiger partial charge in [0.2, 0.25) is 0 Å². The van der Waals surface area contributed by atoms with E-state index in [1.807, 2.05) is 103 Å². The number of para-hydroxylation sites is 5. The number of nitrogen functional groups attached to an aromatic ring is 1. The quantitative estimate of drug-likeness (QED) is 0.0123. The number of nitro groups is 1. The zero-order chi connectivity index (χ0) is 70.9. The summed E-state index contributed by atoms with van der Waals surface area (Å²) in [6, 6.07) is 55.0. The zero-order valence-electron chi connectivity index (χ0n) is 57.4. The van der Waals surface area contributed by atoms with E-state index in [0.717, 1.165) is 159 Å². The summed E-state index contributed by atoms with van der Waals surface area (Å²) >= 11 is 8.64. The largest absolute Gasteiger partial charge is 0.555 e. The summed E-state index contributed by atoms with van der Waals surface area (Å²) in [7, 11) is 1.74. The minimum atomic E-state index is -0.349. The molecule has 27 heteroatoms. The number of pyridine rings is 3. The number of hydrogen-bond donors (Lipinski definition) is 7. The molecular formula is C77H80BN18O3S5. The highest BCUT2D eigenvalue weighted by Crippen LogP contribution is 2.44. The Kier molecular flexibility index (Phi) is 21.9. The summed E-state index contributed by atoms with van der Waals surface area (Å²) in [5.41, 5.74) is 21.7. The average Bonchev–Trinajstić information content (AvgIpc) is 1.61. The fraction of sp³-hybridized carbons (Fsp3) is 0.325. The van der Waals surface area contributed by atoms with Crippen LogP contribution < -0.4 is 32.7 Å². The molecule has 9 N–H and O–H groups in total. The maximum absolute atomic E-state index is 11.0. The first-order valence-electron chi connectivity index (χ1n) is 35.6. The number of benzene rings is 5. The maximum Gasteiger partial charge on any atom is 0.374 e. The Balaban J connectivity index is 0.000000106. The fourth-order valence-corrected chi connectivity index (χ4v) is 19.0. The lowest BCUT2D eigenvalue weighted by Crippen LogP contribution is -2.44. The molecule has 5 aromatic carbocycles. The number of nitrogens with zero attached hydrogens (tertiary/aromatic N) is 11. The average molecular weight is 1480 g/mol. The van der Waals surface area contributed by atoms with Gasteiger partial charge in [-0.25, -0.2) is 34.9 Å². The number of imidazole rings is 1. The van der Waals surface area contributed by atoms with Crippen LogP contribution in [0.2, 0.25) is 5.82 Å². The Bertz CT molecular complexity index is 5060. The van der Waals surface area contributed by atoms with Crippen molar-refractivity contribution < 1.29 is 9.58 Å². The van der Waals surface area contributed by atoms with E-state index in [9.17, 15) is 10.1 Å². The van der Waals surface area contributed by atoms with Gasteiger partial charge in [0.1, 0.15) is 23.4 Å². The molecule has 5 saturated carbocycles. The van der Waals surface area contributed by atoms with E-state index in [1.54, 1.807) is 65.1 Å². The van der Waals surface area contributed by atoms with Gasteiger partial charge < -0.3 is 42.0 Å². The van der Waals surface area contributed by atoms with Crippen LogP contribution in [0.15, 0.2) is 176 Å². The van der Waals surface area contributed by atoms with E-state index < -0.39 is 0 Å². The molecule has 104 heavy (non-hydrogen) atoms. The molecule has 21 nitrogen and oxygen atoms in total. The molecule has 0 aliphatic heterocycles. The number of rotatable bonds is 20. The van der Waals surface area contributed by atoms with Crippen LogP contribution >= 0.6 is 56.7 Å². The Morgan fingerprint density at radius 1 is 0.510 bits per heavy atom. The lowest BCUT2D eigenvalue weighted by atomic mass is 9.63. The first-order valence-corrected chi connectivity index (χ1v) is 39.7. The summed E-state index contributed by atoms with van der Waals surface area (Å²) in [4.78, 5) is 51.7. The smallest absolute Gasteiger partial charge is 0.374 e. The molecule has 9 heterocycles. The predicted molar refractivity (Wildman–Crippen MR) is 428 cm³/mol. The molecule has 0 unspecified atom stereocenters. The van der Waals surface area contributed by atoms with Crippen molar-refractivity contribution in [3.8, 4) is 0 Å². The van der Waals surface area contributed by atoms with E-state index in [0.29, 0.717) is 66.0 Å². The van der Waals surface area contributed by atoms with Crippen LogP contribution in [0.4, 0.5) is 31.9 Å². The summed E-state index contributed by atoms with van der Waals surface area (Å²) in [6.07, 6.45) is 20.9. The molecule has 0 atom stereocenters. The van der Waals surface area contributed by atoms with Crippen molar-refractivity contribution >= 4 is 165 Å². The normalized spacial score (nSPS) is 21.3. The number of anilines is 5. The number of nitrogens with two attached hydrogens (primary N) is 2. The number of fused-ring (bicyclic) bond motifs is 6. The molecule has 5 aliphatic rings. The van der Waals surface area contributed by atoms with E-state index in [1.165, 1.54) is 47.4 Å². The van der Waals surface area contributed by atoms with Crippen LogP contribution in [-0.2, 0) is 30.3 Å². The first kappa shape index (κ1) is 70.0. The van der Waals surface area contributed by atoms with Gasteiger partial charge in [0.25, 0.3) is 5.69 Å². The highest BCUT2D eigenvalue weighted by molar-refractivity contribution is 7.23. The fourth-order valence-electron chi connectivity index (χ4n) is 14.2.